The highest BCUT2D eigenvalue weighted by Gasteiger charge is 2.28. The second kappa shape index (κ2) is 8.78. The zero-order valence-electron chi connectivity index (χ0n) is 17.9. The Bertz CT molecular complexity index is 1350. The third-order valence-electron chi connectivity index (χ3n) is 5.90. The summed E-state index contributed by atoms with van der Waals surface area (Å²) in [5.74, 6) is -0.0642. The fraction of sp³-hybridized carbons (Fsp3) is 0.250. The number of hydrogen-bond donors (Lipinski definition) is 1. The lowest BCUT2D eigenvalue weighted by Gasteiger charge is -2.30. The standard InChI is InChI=1S/C24H23N5O4/c30-22(18-9-12-27(13-10-18)23(31)20-7-4-14-33-20)25-19-6-3-5-17(15-19)16-29-24(32)28-11-2-1-8-21(28)26-29/h1-8,11,14-15,18H,9-10,12-13,16H2,(H,25,30). The molecule has 0 atom stereocenters. The number of pyridine rings is 1. The van der Waals surface area contributed by atoms with Crippen molar-refractivity contribution in [3.8, 4) is 0 Å². The van der Waals surface area contributed by atoms with Crippen molar-refractivity contribution < 1.29 is 14.0 Å². The summed E-state index contributed by atoms with van der Waals surface area (Å²) in [5.41, 5.74) is 1.90. The monoisotopic (exact) mass is 445 g/mol. The fourth-order valence-electron chi connectivity index (χ4n) is 4.14. The number of fused-ring (bicyclic) bond motifs is 1. The fourth-order valence-corrected chi connectivity index (χ4v) is 4.14. The van der Waals surface area contributed by atoms with Crippen LogP contribution < -0.4 is 11.0 Å². The number of benzene rings is 1. The van der Waals surface area contributed by atoms with Gasteiger partial charge in [0.15, 0.2) is 11.4 Å². The molecule has 2 amide bonds. The summed E-state index contributed by atoms with van der Waals surface area (Å²) < 4.78 is 8.08. The molecular formula is C24H23N5O4. The van der Waals surface area contributed by atoms with Crippen molar-refractivity contribution in [2.24, 2.45) is 5.92 Å². The van der Waals surface area contributed by atoms with Gasteiger partial charge in [0.05, 0.1) is 12.8 Å². The number of amides is 2. The van der Waals surface area contributed by atoms with Gasteiger partial charge in [0, 0.05) is 30.9 Å². The number of hydrogen-bond acceptors (Lipinski definition) is 5. The molecule has 1 aliphatic rings. The van der Waals surface area contributed by atoms with Crippen LogP contribution in [0.25, 0.3) is 5.65 Å². The Hall–Kier alpha value is -4.14. The first-order valence-corrected chi connectivity index (χ1v) is 10.9. The summed E-state index contributed by atoms with van der Waals surface area (Å²) >= 11 is 0. The summed E-state index contributed by atoms with van der Waals surface area (Å²) in [4.78, 5) is 39.4. The summed E-state index contributed by atoms with van der Waals surface area (Å²) in [6, 6.07) is 16.1. The van der Waals surface area contributed by atoms with Crippen molar-refractivity contribution in [1.82, 2.24) is 19.1 Å². The van der Waals surface area contributed by atoms with Gasteiger partial charge in [-0.2, -0.15) is 0 Å². The van der Waals surface area contributed by atoms with E-state index in [0.29, 0.717) is 49.6 Å². The molecule has 33 heavy (non-hydrogen) atoms. The number of carbonyl (C=O) groups is 2. The van der Waals surface area contributed by atoms with E-state index in [1.165, 1.54) is 15.3 Å². The molecule has 0 unspecified atom stereocenters. The largest absolute Gasteiger partial charge is 0.459 e. The maximum Gasteiger partial charge on any atom is 0.350 e. The molecule has 9 heteroatoms. The molecule has 168 valence electrons. The van der Waals surface area contributed by atoms with Gasteiger partial charge in [-0.25, -0.2) is 9.48 Å². The third kappa shape index (κ3) is 4.30. The molecular weight excluding hydrogens is 422 g/mol. The van der Waals surface area contributed by atoms with Gasteiger partial charge in [-0.15, -0.1) is 5.10 Å². The Balaban J connectivity index is 1.21. The summed E-state index contributed by atoms with van der Waals surface area (Å²) in [6.45, 7) is 1.32. The number of rotatable bonds is 5. The quantitative estimate of drug-likeness (QED) is 0.509. The highest BCUT2D eigenvalue weighted by atomic mass is 16.3. The first kappa shape index (κ1) is 20.7. The molecule has 9 nitrogen and oxygen atoms in total. The molecule has 1 aliphatic heterocycles. The molecule has 5 rings (SSSR count). The molecule has 0 spiro atoms. The number of furan rings is 1. The van der Waals surface area contributed by atoms with E-state index in [0.717, 1.165) is 5.56 Å². The molecule has 4 aromatic rings. The second-order valence-corrected chi connectivity index (χ2v) is 8.10. The highest BCUT2D eigenvalue weighted by molar-refractivity contribution is 5.94. The van der Waals surface area contributed by atoms with E-state index >= 15 is 0 Å². The predicted molar refractivity (Wildman–Crippen MR) is 121 cm³/mol. The van der Waals surface area contributed by atoms with Gasteiger partial charge in [-0.1, -0.05) is 18.2 Å². The van der Waals surface area contributed by atoms with Gasteiger partial charge in [0.1, 0.15) is 0 Å². The van der Waals surface area contributed by atoms with Gasteiger partial charge in [-0.3, -0.25) is 14.0 Å². The van der Waals surface area contributed by atoms with Crippen molar-refractivity contribution in [3.05, 3.63) is 88.9 Å². The smallest absolute Gasteiger partial charge is 0.350 e. The van der Waals surface area contributed by atoms with Gasteiger partial charge in [-0.05, 0) is 54.8 Å². The van der Waals surface area contributed by atoms with Crippen LogP contribution >= 0.6 is 0 Å². The Morgan fingerprint density at radius 3 is 2.67 bits per heavy atom. The normalized spacial score (nSPS) is 14.5. The average molecular weight is 445 g/mol. The van der Waals surface area contributed by atoms with Crippen molar-refractivity contribution in [2.75, 3.05) is 18.4 Å². The zero-order chi connectivity index (χ0) is 22.8. The Morgan fingerprint density at radius 1 is 1.06 bits per heavy atom. The molecule has 1 saturated heterocycles. The van der Waals surface area contributed by atoms with E-state index < -0.39 is 0 Å². The number of piperidine rings is 1. The molecule has 3 aromatic heterocycles. The Kier molecular flexibility index (Phi) is 5.52. The molecule has 4 heterocycles. The first-order valence-electron chi connectivity index (χ1n) is 10.9. The van der Waals surface area contributed by atoms with Crippen LogP contribution in [0.4, 0.5) is 5.69 Å². The van der Waals surface area contributed by atoms with Crippen molar-refractivity contribution in [3.63, 3.8) is 0 Å². The van der Waals surface area contributed by atoms with E-state index in [1.807, 2.05) is 30.3 Å². The van der Waals surface area contributed by atoms with Crippen LogP contribution in [-0.2, 0) is 11.3 Å². The van der Waals surface area contributed by atoms with Crippen molar-refractivity contribution >= 4 is 23.1 Å². The van der Waals surface area contributed by atoms with Gasteiger partial charge in [0.2, 0.25) is 5.91 Å². The highest BCUT2D eigenvalue weighted by Crippen LogP contribution is 2.22. The van der Waals surface area contributed by atoms with Gasteiger partial charge < -0.3 is 14.6 Å². The number of nitrogens with zero attached hydrogens (tertiary/aromatic N) is 4. The molecule has 1 fully saturated rings. The number of anilines is 1. The molecule has 0 aliphatic carbocycles. The Labute approximate surface area is 189 Å². The van der Waals surface area contributed by atoms with Crippen LogP contribution in [-0.4, -0.2) is 44.0 Å². The van der Waals surface area contributed by atoms with Crippen LogP contribution in [0, 0.1) is 5.92 Å². The van der Waals surface area contributed by atoms with E-state index in [4.69, 9.17) is 4.42 Å². The number of aromatic nitrogens is 3. The van der Waals surface area contributed by atoms with Gasteiger partial charge in [0.25, 0.3) is 5.91 Å². The summed E-state index contributed by atoms with van der Waals surface area (Å²) in [6.07, 6.45) is 4.35. The van der Waals surface area contributed by atoms with Crippen LogP contribution in [0.2, 0.25) is 0 Å². The van der Waals surface area contributed by atoms with E-state index in [1.54, 1.807) is 35.4 Å². The predicted octanol–water partition coefficient (Wildman–Crippen LogP) is 2.63. The topological polar surface area (TPSA) is 102 Å². The molecule has 0 bridgehead atoms. The lowest BCUT2D eigenvalue weighted by Crippen LogP contribution is -2.41. The van der Waals surface area contributed by atoms with Gasteiger partial charge >= 0.3 is 5.69 Å². The zero-order valence-corrected chi connectivity index (χ0v) is 17.9. The maximum absolute atomic E-state index is 12.8. The minimum absolute atomic E-state index is 0.0675. The molecule has 1 N–H and O–H groups in total. The van der Waals surface area contributed by atoms with E-state index in [-0.39, 0.29) is 23.4 Å². The third-order valence-corrected chi connectivity index (χ3v) is 5.90. The minimum atomic E-state index is -0.212. The minimum Gasteiger partial charge on any atom is -0.459 e. The number of carbonyl (C=O) groups excluding carboxylic acids is 2. The first-order chi connectivity index (χ1) is 16.1. The van der Waals surface area contributed by atoms with E-state index in [2.05, 4.69) is 10.4 Å². The van der Waals surface area contributed by atoms with Crippen molar-refractivity contribution in [2.45, 2.75) is 19.4 Å². The lowest BCUT2D eigenvalue weighted by atomic mass is 9.95. The molecule has 0 radical (unpaired) electrons. The number of nitrogens with one attached hydrogen (secondary N) is 1. The average Bonchev–Trinajstić information content (AvgIpc) is 3.48. The SMILES string of the molecule is O=C(Nc1cccc(Cn2nc3ccccn3c2=O)c1)C1CCN(C(=O)c2ccco2)CC1. The van der Waals surface area contributed by atoms with Crippen molar-refractivity contribution in [1.29, 1.82) is 0 Å². The van der Waals surface area contributed by atoms with Crippen LogP contribution in [0.1, 0.15) is 29.0 Å². The van der Waals surface area contributed by atoms with Crippen LogP contribution in [0.5, 0.6) is 0 Å². The van der Waals surface area contributed by atoms with Crippen LogP contribution in [0.15, 0.2) is 76.3 Å². The second-order valence-electron chi connectivity index (χ2n) is 8.10. The maximum atomic E-state index is 12.8. The molecule has 1 aromatic carbocycles. The lowest BCUT2D eigenvalue weighted by molar-refractivity contribution is -0.121. The molecule has 0 saturated carbocycles. The Morgan fingerprint density at radius 2 is 1.91 bits per heavy atom. The van der Waals surface area contributed by atoms with Crippen LogP contribution in [0.3, 0.4) is 0 Å². The van der Waals surface area contributed by atoms with E-state index in [9.17, 15) is 14.4 Å². The summed E-state index contributed by atoms with van der Waals surface area (Å²) in [7, 11) is 0. The summed E-state index contributed by atoms with van der Waals surface area (Å²) in [5, 5.41) is 7.33. The number of likely N-dealkylation sites (tertiary alicyclic amines) is 1.